The van der Waals surface area contributed by atoms with Gasteiger partial charge >= 0.3 is 0 Å². The summed E-state index contributed by atoms with van der Waals surface area (Å²) in [7, 11) is -3.52. The summed E-state index contributed by atoms with van der Waals surface area (Å²) < 4.78 is 28.0. The summed E-state index contributed by atoms with van der Waals surface area (Å²) in [4.78, 5) is 0.310. The van der Waals surface area contributed by atoms with Crippen molar-refractivity contribution in [1.29, 1.82) is 0 Å². The van der Waals surface area contributed by atoms with E-state index in [1.165, 1.54) is 0 Å². The highest BCUT2D eigenvalue weighted by Gasteiger charge is 2.39. The van der Waals surface area contributed by atoms with Crippen LogP contribution in [-0.4, -0.2) is 32.4 Å². The van der Waals surface area contributed by atoms with Gasteiger partial charge in [-0.3, -0.25) is 0 Å². The standard InChI is InChI=1S/C17H19BrN2O2S.ClH/c18-16-8-4-5-9-17(16)23(21,22)20-11-14(10-19)15(12-20)13-6-2-1-3-7-13;/h1-9,14-15H,10-12,19H2;1H/t14-,15+;/m1./s1. The second-order valence-electron chi connectivity index (χ2n) is 5.77. The zero-order valence-electron chi connectivity index (χ0n) is 13.0. The van der Waals surface area contributed by atoms with Crippen molar-refractivity contribution in [3.8, 4) is 0 Å². The molecule has 1 fully saturated rings. The Morgan fingerprint density at radius 2 is 1.67 bits per heavy atom. The van der Waals surface area contributed by atoms with Gasteiger partial charge in [0.25, 0.3) is 0 Å². The van der Waals surface area contributed by atoms with E-state index in [0.717, 1.165) is 5.56 Å². The number of halogens is 2. The molecule has 1 saturated heterocycles. The Kier molecular flexibility index (Phi) is 6.45. The number of rotatable bonds is 4. The second kappa shape index (κ2) is 7.97. The average molecular weight is 432 g/mol. The normalized spacial score (nSPS) is 21.4. The highest BCUT2D eigenvalue weighted by molar-refractivity contribution is 9.10. The monoisotopic (exact) mass is 430 g/mol. The number of hydrogen-bond acceptors (Lipinski definition) is 3. The quantitative estimate of drug-likeness (QED) is 0.808. The van der Waals surface area contributed by atoms with Crippen LogP contribution in [0.2, 0.25) is 0 Å². The first-order chi connectivity index (χ1) is 11.0. The third-order valence-electron chi connectivity index (χ3n) is 4.39. The Morgan fingerprint density at radius 1 is 1.04 bits per heavy atom. The minimum Gasteiger partial charge on any atom is -0.330 e. The maximum absolute atomic E-state index is 12.9. The summed E-state index contributed by atoms with van der Waals surface area (Å²) in [6, 6.07) is 16.9. The molecule has 0 bridgehead atoms. The molecule has 4 nitrogen and oxygen atoms in total. The molecule has 1 aliphatic heterocycles. The highest BCUT2D eigenvalue weighted by Crippen LogP contribution is 2.36. The average Bonchev–Trinajstić information content (AvgIpc) is 3.01. The van der Waals surface area contributed by atoms with E-state index < -0.39 is 10.0 Å². The summed E-state index contributed by atoms with van der Waals surface area (Å²) in [5, 5.41) is 0. The van der Waals surface area contributed by atoms with E-state index >= 15 is 0 Å². The summed E-state index contributed by atoms with van der Waals surface area (Å²) in [6.07, 6.45) is 0. The number of sulfonamides is 1. The summed E-state index contributed by atoms with van der Waals surface area (Å²) >= 11 is 3.34. The number of nitrogens with zero attached hydrogens (tertiary/aromatic N) is 1. The predicted molar refractivity (Wildman–Crippen MR) is 102 cm³/mol. The van der Waals surface area contributed by atoms with Crippen LogP contribution < -0.4 is 5.73 Å². The lowest BCUT2D eigenvalue weighted by Gasteiger charge is -2.17. The van der Waals surface area contributed by atoms with Gasteiger partial charge in [0.15, 0.2) is 0 Å². The first kappa shape index (κ1) is 19.4. The Balaban J connectivity index is 0.00000208. The third-order valence-corrected chi connectivity index (χ3v) is 7.24. The molecular weight excluding hydrogens is 412 g/mol. The minimum absolute atomic E-state index is 0. The Hall–Kier alpha value is -0.920. The molecule has 2 aromatic carbocycles. The molecule has 0 aliphatic carbocycles. The van der Waals surface area contributed by atoms with Crippen molar-refractivity contribution in [2.24, 2.45) is 11.7 Å². The highest BCUT2D eigenvalue weighted by atomic mass is 79.9. The van der Waals surface area contributed by atoms with Crippen molar-refractivity contribution in [2.45, 2.75) is 10.8 Å². The van der Waals surface area contributed by atoms with Crippen LogP contribution in [0.5, 0.6) is 0 Å². The summed E-state index contributed by atoms with van der Waals surface area (Å²) in [5.41, 5.74) is 7.05. The fourth-order valence-corrected chi connectivity index (χ4v) is 5.62. The zero-order chi connectivity index (χ0) is 16.4. The van der Waals surface area contributed by atoms with Gasteiger partial charge in [-0.15, -0.1) is 12.4 Å². The largest absolute Gasteiger partial charge is 0.330 e. The molecule has 1 heterocycles. The molecule has 0 saturated carbocycles. The lowest BCUT2D eigenvalue weighted by molar-refractivity contribution is 0.458. The molecule has 2 aromatic rings. The predicted octanol–water partition coefficient (Wildman–Crippen LogP) is 3.23. The van der Waals surface area contributed by atoms with E-state index in [-0.39, 0.29) is 24.2 Å². The van der Waals surface area contributed by atoms with Crippen LogP contribution in [0.4, 0.5) is 0 Å². The van der Waals surface area contributed by atoms with Crippen LogP contribution in [-0.2, 0) is 10.0 Å². The van der Waals surface area contributed by atoms with Gasteiger partial charge in [-0.25, -0.2) is 8.42 Å². The van der Waals surface area contributed by atoms with E-state index in [0.29, 0.717) is 29.0 Å². The molecule has 0 unspecified atom stereocenters. The van der Waals surface area contributed by atoms with Crippen molar-refractivity contribution in [2.75, 3.05) is 19.6 Å². The minimum atomic E-state index is -3.52. The van der Waals surface area contributed by atoms with Crippen molar-refractivity contribution in [1.82, 2.24) is 4.31 Å². The number of nitrogens with two attached hydrogens (primary N) is 1. The molecule has 24 heavy (non-hydrogen) atoms. The molecule has 130 valence electrons. The fourth-order valence-electron chi connectivity index (χ4n) is 3.14. The van der Waals surface area contributed by atoms with E-state index in [1.54, 1.807) is 22.5 Å². The van der Waals surface area contributed by atoms with E-state index in [9.17, 15) is 8.42 Å². The van der Waals surface area contributed by atoms with Crippen LogP contribution >= 0.6 is 28.3 Å². The van der Waals surface area contributed by atoms with Crippen molar-refractivity contribution < 1.29 is 8.42 Å². The molecule has 0 amide bonds. The molecule has 3 rings (SSSR count). The Labute approximate surface area is 157 Å². The maximum Gasteiger partial charge on any atom is 0.244 e. The number of hydrogen-bond donors (Lipinski definition) is 1. The molecular formula is C17H20BrClN2O2S. The second-order valence-corrected chi connectivity index (χ2v) is 8.53. The van der Waals surface area contributed by atoms with Gasteiger partial charge < -0.3 is 5.73 Å². The van der Waals surface area contributed by atoms with Crippen molar-refractivity contribution in [3.63, 3.8) is 0 Å². The molecule has 2 N–H and O–H groups in total. The molecule has 7 heteroatoms. The lowest BCUT2D eigenvalue weighted by atomic mass is 9.89. The van der Waals surface area contributed by atoms with Gasteiger partial charge in [0.05, 0.1) is 4.90 Å². The fraction of sp³-hybridized carbons (Fsp3) is 0.294. The smallest absolute Gasteiger partial charge is 0.244 e. The Morgan fingerprint density at radius 3 is 2.29 bits per heavy atom. The molecule has 2 atom stereocenters. The Bertz CT molecular complexity index is 786. The maximum atomic E-state index is 12.9. The summed E-state index contributed by atoms with van der Waals surface area (Å²) in [6.45, 7) is 1.40. The van der Waals surface area contributed by atoms with Gasteiger partial charge in [-0.2, -0.15) is 4.31 Å². The molecule has 0 spiro atoms. The van der Waals surface area contributed by atoms with E-state index in [4.69, 9.17) is 5.73 Å². The number of benzene rings is 2. The van der Waals surface area contributed by atoms with Gasteiger partial charge in [-0.1, -0.05) is 42.5 Å². The first-order valence-corrected chi connectivity index (χ1v) is 9.77. The third kappa shape index (κ3) is 3.68. The van der Waals surface area contributed by atoms with Crippen molar-refractivity contribution in [3.05, 3.63) is 64.6 Å². The van der Waals surface area contributed by atoms with Crippen LogP contribution in [0.1, 0.15) is 11.5 Å². The summed E-state index contributed by atoms with van der Waals surface area (Å²) in [5.74, 6) is 0.271. The van der Waals surface area contributed by atoms with Crippen LogP contribution in [0.25, 0.3) is 0 Å². The molecule has 1 aliphatic rings. The van der Waals surface area contributed by atoms with Crippen molar-refractivity contribution >= 4 is 38.4 Å². The van der Waals surface area contributed by atoms with Gasteiger partial charge in [0, 0.05) is 23.5 Å². The van der Waals surface area contributed by atoms with Gasteiger partial charge in [-0.05, 0) is 46.1 Å². The first-order valence-electron chi connectivity index (χ1n) is 7.53. The SMILES string of the molecule is Cl.NC[C@@H]1CN(S(=O)(=O)c2ccccc2Br)C[C@H]1c1ccccc1. The zero-order valence-corrected chi connectivity index (χ0v) is 16.2. The van der Waals surface area contributed by atoms with Crippen LogP contribution in [0.3, 0.4) is 0 Å². The van der Waals surface area contributed by atoms with Crippen LogP contribution in [0, 0.1) is 5.92 Å². The topological polar surface area (TPSA) is 63.4 Å². The molecule has 0 radical (unpaired) electrons. The van der Waals surface area contributed by atoms with E-state index in [1.807, 2.05) is 36.4 Å². The van der Waals surface area contributed by atoms with E-state index in [2.05, 4.69) is 15.9 Å². The van der Waals surface area contributed by atoms with Gasteiger partial charge in [0.2, 0.25) is 10.0 Å². The van der Waals surface area contributed by atoms with Crippen LogP contribution in [0.15, 0.2) is 64.0 Å². The van der Waals surface area contributed by atoms with Gasteiger partial charge in [0.1, 0.15) is 0 Å². The molecule has 0 aromatic heterocycles. The lowest BCUT2D eigenvalue weighted by Crippen LogP contribution is -2.30.